The topological polar surface area (TPSA) is 35.5 Å². The predicted molar refractivity (Wildman–Crippen MR) is 54.3 cm³/mol. The van der Waals surface area contributed by atoms with Gasteiger partial charge in [-0.2, -0.15) is 8.78 Å². The molecule has 0 atom stereocenters. The van der Waals surface area contributed by atoms with Gasteiger partial charge in [0.25, 0.3) is 5.24 Å². The van der Waals surface area contributed by atoms with Crippen LogP contribution in [0.1, 0.15) is 5.56 Å². The zero-order valence-corrected chi connectivity index (χ0v) is 9.35. The van der Waals surface area contributed by atoms with E-state index < -0.39 is 16.7 Å². The lowest BCUT2D eigenvalue weighted by molar-refractivity contribution is -0.135. The van der Waals surface area contributed by atoms with E-state index in [1.54, 1.807) is 0 Å². The van der Waals surface area contributed by atoms with Crippen LogP contribution in [0.25, 0.3) is 0 Å². The summed E-state index contributed by atoms with van der Waals surface area (Å²) in [5, 5.41) is -1.75. The van der Waals surface area contributed by atoms with Crippen LogP contribution in [-0.4, -0.2) is 19.5 Å². The van der Waals surface area contributed by atoms with Crippen LogP contribution < -0.4 is 9.47 Å². The van der Waals surface area contributed by atoms with Crippen molar-refractivity contribution in [3.8, 4) is 11.5 Å². The van der Waals surface area contributed by atoms with Crippen LogP contribution in [0.5, 0.6) is 11.5 Å². The normalized spacial score (nSPS) is 11.1. The molecule has 0 radical (unpaired) electrons. The van der Waals surface area contributed by atoms with Gasteiger partial charge in [0.2, 0.25) is 0 Å². The van der Waals surface area contributed by atoms with Crippen molar-refractivity contribution >= 4 is 16.8 Å². The molecule has 0 fully saturated rings. The standard InChI is InChI=1S/C10H9ClF2O3/c1-15-7-3-6(4-8(5-7)16-2)10(12,13)9(11)14/h3-5H,1-2H3. The smallest absolute Gasteiger partial charge is 0.345 e. The molecule has 0 aromatic heterocycles. The first kappa shape index (κ1) is 12.7. The quantitative estimate of drug-likeness (QED) is 0.771. The number of rotatable bonds is 4. The van der Waals surface area contributed by atoms with Gasteiger partial charge in [0.05, 0.1) is 14.2 Å². The van der Waals surface area contributed by atoms with E-state index in [0.717, 1.165) is 12.1 Å². The maximum Gasteiger partial charge on any atom is 0.345 e. The second-order valence-corrected chi connectivity index (χ2v) is 3.29. The number of carbonyl (C=O) groups excluding carboxylic acids is 1. The number of benzene rings is 1. The third kappa shape index (κ3) is 2.41. The highest BCUT2D eigenvalue weighted by Gasteiger charge is 2.40. The average Bonchev–Trinajstić information content (AvgIpc) is 2.27. The fourth-order valence-electron chi connectivity index (χ4n) is 1.10. The minimum absolute atomic E-state index is 0.159. The Bertz CT molecular complexity index is 385. The van der Waals surface area contributed by atoms with Crippen LogP contribution in [0.4, 0.5) is 8.78 Å². The number of hydrogen-bond acceptors (Lipinski definition) is 3. The van der Waals surface area contributed by atoms with Crippen LogP contribution in [0, 0.1) is 0 Å². The van der Waals surface area contributed by atoms with Crippen molar-refractivity contribution in [1.29, 1.82) is 0 Å². The van der Waals surface area contributed by atoms with E-state index >= 15 is 0 Å². The van der Waals surface area contributed by atoms with E-state index in [9.17, 15) is 13.6 Å². The zero-order chi connectivity index (χ0) is 12.3. The molecule has 0 N–H and O–H groups in total. The van der Waals surface area contributed by atoms with E-state index in [-0.39, 0.29) is 11.5 Å². The fraction of sp³-hybridized carbons (Fsp3) is 0.300. The predicted octanol–water partition coefficient (Wildman–Crippen LogP) is 2.56. The van der Waals surface area contributed by atoms with E-state index in [4.69, 9.17) is 21.1 Å². The molecule has 1 aromatic carbocycles. The van der Waals surface area contributed by atoms with Gasteiger partial charge in [0.1, 0.15) is 11.5 Å². The van der Waals surface area contributed by atoms with Crippen LogP contribution in [-0.2, 0) is 10.7 Å². The number of alkyl halides is 2. The Morgan fingerprint density at radius 2 is 1.62 bits per heavy atom. The Labute approximate surface area is 95.9 Å². The summed E-state index contributed by atoms with van der Waals surface area (Å²) in [4.78, 5) is 10.6. The van der Waals surface area contributed by atoms with E-state index in [2.05, 4.69) is 0 Å². The maximum absolute atomic E-state index is 13.3. The lowest BCUT2D eigenvalue weighted by Gasteiger charge is -2.14. The summed E-state index contributed by atoms with van der Waals surface area (Å²) < 4.78 is 36.2. The first-order valence-corrected chi connectivity index (χ1v) is 4.61. The largest absolute Gasteiger partial charge is 0.497 e. The monoisotopic (exact) mass is 250 g/mol. The molecule has 16 heavy (non-hydrogen) atoms. The molecule has 0 aliphatic heterocycles. The van der Waals surface area contributed by atoms with Crippen molar-refractivity contribution in [2.24, 2.45) is 0 Å². The van der Waals surface area contributed by atoms with Crippen molar-refractivity contribution in [2.75, 3.05) is 14.2 Å². The molecule has 0 heterocycles. The van der Waals surface area contributed by atoms with E-state index in [1.165, 1.54) is 20.3 Å². The van der Waals surface area contributed by atoms with Crippen molar-refractivity contribution in [3.63, 3.8) is 0 Å². The molecule has 0 aliphatic carbocycles. The summed E-state index contributed by atoms with van der Waals surface area (Å²) in [5.41, 5.74) is -0.566. The van der Waals surface area contributed by atoms with Crippen molar-refractivity contribution < 1.29 is 23.0 Å². The molecule has 1 aromatic rings. The SMILES string of the molecule is COc1cc(OC)cc(C(F)(F)C(=O)Cl)c1. The maximum atomic E-state index is 13.3. The Kier molecular flexibility index (Phi) is 3.70. The summed E-state index contributed by atoms with van der Waals surface area (Å²) >= 11 is 4.82. The summed E-state index contributed by atoms with van der Waals surface area (Å²) in [6, 6.07) is 3.48. The van der Waals surface area contributed by atoms with Gasteiger partial charge in [-0.1, -0.05) is 0 Å². The number of hydrogen-bond donors (Lipinski definition) is 0. The van der Waals surface area contributed by atoms with Gasteiger partial charge in [-0.05, 0) is 23.7 Å². The molecule has 0 unspecified atom stereocenters. The summed E-state index contributed by atoms with van der Waals surface area (Å²) in [7, 11) is 2.64. The summed E-state index contributed by atoms with van der Waals surface area (Å²) in [6.45, 7) is 0. The number of methoxy groups -OCH3 is 2. The summed E-state index contributed by atoms with van der Waals surface area (Å²) in [5.74, 6) is -3.44. The summed E-state index contributed by atoms with van der Waals surface area (Å²) in [6.07, 6.45) is 0. The second-order valence-electron chi connectivity index (χ2n) is 2.95. The second kappa shape index (κ2) is 4.65. The van der Waals surface area contributed by atoms with Crippen LogP contribution >= 0.6 is 11.6 Å². The molecule has 0 saturated carbocycles. The molecule has 6 heteroatoms. The highest BCUT2D eigenvalue weighted by atomic mass is 35.5. The molecular weight excluding hydrogens is 242 g/mol. The van der Waals surface area contributed by atoms with E-state index in [0.29, 0.717) is 0 Å². The first-order valence-electron chi connectivity index (χ1n) is 4.23. The van der Waals surface area contributed by atoms with Crippen LogP contribution in [0.3, 0.4) is 0 Å². The Hall–Kier alpha value is -1.36. The Balaban J connectivity index is 3.27. The van der Waals surface area contributed by atoms with Crippen molar-refractivity contribution in [2.45, 2.75) is 5.92 Å². The van der Waals surface area contributed by atoms with Crippen molar-refractivity contribution in [3.05, 3.63) is 23.8 Å². The van der Waals surface area contributed by atoms with Crippen LogP contribution in [0.15, 0.2) is 18.2 Å². The minimum atomic E-state index is -3.76. The molecule has 0 saturated heterocycles. The first-order chi connectivity index (χ1) is 7.41. The van der Waals surface area contributed by atoms with Gasteiger partial charge in [0.15, 0.2) is 0 Å². The van der Waals surface area contributed by atoms with Gasteiger partial charge < -0.3 is 9.47 Å². The van der Waals surface area contributed by atoms with Gasteiger partial charge in [-0.15, -0.1) is 0 Å². The van der Waals surface area contributed by atoms with Crippen molar-refractivity contribution in [1.82, 2.24) is 0 Å². The minimum Gasteiger partial charge on any atom is -0.497 e. The fourth-order valence-corrected chi connectivity index (χ4v) is 1.21. The molecule has 1 rings (SSSR count). The molecule has 0 aliphatic rings. The average molecular weight is 251 g/mol. The van der Waals surface area contributed by atoms with E-state index in [1.807, 2.05) is 0 Å². The Morgan fingerprint density at radius 3 is 1.94 bits per heavy atom. The number of ether oxygens (including phenoxy) is 2. The Morgan fingerprint density at radius 1 is 1.19 bits per heavy atom. The number of halogens is 3. The van der Waals surface area contributed by atoms with Gasteiger partial charge in [-0.25, -0.2) is 0 Å². The molecular formula is C10H9ClF2O3. The third-order valence-corrected chi connectivity index (χ3v) is 2.20. The lowest BCUT2D eigenvalue weighted by atomic mass is 10.1. The molecule has 0 spiro atoms. The molecule has 0 amide bonds. The van der Waals surface area contributed by atoms with Gasteiger partial charge >= 0.3 is 5.92 Å². The lowest BCUT2D eigenvalue weighted by Crippen LogP contribution is -2.21. The molecule has 0 bridgehead atoms. The number of carbonyl (C=O) groups is 1. The highest BCUT2D eigenvalue weighted by molar-refractivity contribution is 6.65. The van der Waals surface area contributed by atoms with Crippen LogP contribution in [0.2, 0.25) is 0 Å². The zero-order valence-electron chi connectivity index (χ0n) is 8.59. The molecule has 3 nitrogen and oxygen atoms in total. The van der Waals surface area contributed by atoms with Gasteiger partial charge in [0, 0.05) is 11.6 Å². The van der Waals surface area contributed by atoms with Gasteiger partial charge in [-0.3, -0.25) is 4.79 Å². The molecule has 88 valence electrons. The third-order valence-electron chi connectivity index (χ3n) is 1.96. The highest BCUT2D eigenvalue weighted by Crippen LogP contribution is 2.35.